The third-order valence-corrected chi connectivity index (χ3v) is 11.9. The van der Waals surface area contributed by atoms with E-state index in [0.29, 0.717) is 36.1 Å². The second kappa shape index (κ2) is 11.6. The quantitative estimate of drug-likeness (QED) is 0.282. The maximum absolute atomic E-state index is 14.2. The first-order valence-corrected chi connectivity index (χ1v) is 17.4. The zero-order chi connectivity index (χ0) is 33.0. The summed E-state index contributed by atoms with van der Waals surface area (Å²) in [5.74, 6) is -3.87. The summed E-state index contributed by atoms with van der Waals surface area (Å²) in [5, 5.41) is 8.95. The number of sulfone groups is 1. The summed E-state index contributed by atoms with van der Waals surface area (Å²) >= 11 is 0. The predicted molar refractivity (Wildman–Crippen MR) is 160 cm³/mol. The van der Waals surface area contributed by atoms with Crippen molar-refractivity contribution in [2.75, 3.05) is 12.3 Å². The molecule has 2 unspecified atom stereocenters. The second-order valence-corrected chi connectivity index (χ2v) is 17.0. The van der Waals surface area contributed by atoms with E-state index < -0.39 is 50.3 Å². The largest absolute Gasteiger partial charge is 0.480 e. The highest BCUT2D eigenvalue weighted by molar-refractivity contribution is 7.92. The van der Waals surface area contributed by atoms with Gasteiger partial charge in [0.25, 0.3) is 10.2 Å². The third kappa shape index (κ3) is 7.29. The fraction of sp³-hybridized carbons (Fsp3) is 0.452. The van der Waals surface area contributed by atoms with Gasteiger partial charge in [0.2, 0.25) is 5.76 Å². The van der Waals surface area contributed by atoms with Crippen LogP contribution in [0.5, 0.6) is 0 Å². The Hall–Kier alpha value is -3.20. The number of nitrogens with zero attached hydrogens (tertiary/aromatic N) is 2. The minimum absolute atomic E-state index is 0.0600. The Labute approximate surface area is 260 Å². The number of hydrogen-bond acceptors (Lipinski definition) is 6. The molecule has 1 N–H and O–H groups in total. The van der Waals surface area contributed by atoms with E-state index in [9.17, 15) is 34.8 Å². The van der Waals surface area contributed by atoms with Gasteiger partial charge < -0.3 is 9.52 Å². The van der Waals surface area contributed by atoms with Crippen LogP contribution in [0.2, 0.25) is 0 Å². The van der Waals surface area contributed by atoms with Gasteiger partial charge in [0, 0.05) is 19.1 Å². The number of fused-ring (bicyclic) bond motifs is 2. The van der Waals surface area contributed by atoms with Crippen molar-refractivity contribution in [3.05, 3.63) is 77.7 Å². The van der Waals surface area contributed by atoms with Crippen molar-refractivity contribution in [3.8, 4) is 11.1 Å². The van der Waals surface area contributed by atoms with Gasteiger partial charge in [-0.05, 0) is 71.0 Å². The van der Waals surface area contributed by atoms with Gasteiger partial charge in [0.05, 0.1) is 11.4 Å². The summed E-state index contributed by atoms with van der Waals surface area (Å²) in [7, 11) is -8.20. The lowest BCUT2D eigenvalue weighted by molar-refractivity contribution is -0.153. The Morgan fingerprint density at radius 1 is 0.978 bits per heavy atom. The van der Waals surface area contributed by atoms with Crippen molar-refractivity contribution in [3.63, 3.8) is 0 Å². The van der Waals surface area contributed by atoms with Crippen LogP contribution < -0.4 is 0 Å². The molecule has 14 heteroatoms. The van der Waals surface area contributed by atoms with Gasteiger partial charge in [-0.15, -0.1) is 0 Å². The van der Waals surface area contributed by atoms with Crippen LogP contribution >= 0.6 is 0 Å². The zero-order valence-corrected chi connectivity index (χ0v) is 26.7. The van der Waals surface area contributed by atoms with Crippen LogP contribution in [0.4, 0.5) is 13.2 Å². The summed E-state index contributed by atoms with van der Waals surface area (Å²) in [5.41, 5.74) is 1.38. The highest BCUT2D eigenvalue weighted by atomic mass is 32.2. The minimum Gasteiger partial charge on any atom is -0.480 e. The summed E-state index contributed by atoms with van der Waals surface area (Å²) < 4.78 is 101. The Kier molecular flexibility index (Phi) is 8.51. The van der Waals surface area contributed by atoms with Crippen LogP contribution in [0, 0.1) is 10.8 Å². The lowest BCUT2D eigenvalue weighted by Crippen LogP contribution is -2.46. The van der Waals surface area contributed by atoms with Gasteiger partial charge in [-0.2, -0.15) is 30.2 Å². The van der Waals surface area contributed by atoms with E-state index in [1.807, 2.05) is 0 Å². The normalized spacial score (nSPS) is 22.2. The Morgan fingerprint density at radius 3 is 2.29 bits per heavy atom. The first-order valence-electron chi connectivity index (χ1n) is 14.3. The average molecular weight is 669 g/mol. The van der Waals surface area contributed by atoms with Gasteiger partial charge in [-0.3, -0.25) is 4.79 Å². The highest BCUT2D eigenvalue weighted by Crippen LogP contribution is 2.53. The first-order chi connectivity index (χ1) is 20.8. The van der Waals surface area contributed by atoms with Gasteiger partial charge in [-0.25, -0.2) is 8.42 Å². The van der Waals surface area contributed by atoms with Crippen LogP contribution in [0.1, 0.15) is 57.1 Å². The number of aliphatic carboxylic acids is 1. The van der Waals surface area contributed by atoms with Gasteiger partial charge in [0.15, 0.2) is 15.6 Å². The summed E-state index contributed by atoms with van der Waals surface area (Å²) in [6.07, 6.45) is -2.48. The number of carboxylic acid groups (broad SMARTS) is 1. The number of furan rings is 1. The maximum Gasteiger partial charge on any atom is 0.449 e. The molecule has 1 aromatic heterocycles. The smallest absolute Gasteiger partial charge is 0.449 e. The molecule has 2 fully saturated rings. The minimum atomic E-state index is -4.71. The molecule has 2 bridgehead atoms. The lowest BCUT2D eigenvalue weighted by Gasteiger charge is -2.39. The van der Waals surface area contributed by atoms with Crippen molar-refractivity contribution < 1.29 is 44.3 Å². The van der Waals surface area contributed by atoms with Crippen LogP contribution in [0.15, 0.2) is 70.0 Å². The van der Waals surface area contributed by atoms with Gasteiger partial charge in [-0.1, -0.05) is 57.2 Å². The monoisotopic (exact) mass is 668 g/mol. The number of alkyl halides is 3. The molecule has 2 heterocycles. The van der Waals surface area contributed by atoms with Gasteiger partial charge in [0.1, 0.15) is 5.76 Å². The summed E-state index contributed by atoms with van der Waals surface area (Å²) in [6.45, 7) is 6.06. The molecule has 2 aliphatic rings. The molecule has 2 atom stereocenters. The Balaban J connectivity index is 1.44. The highest BCUT2D eigenvalue weighted by Gasteiger charge is 2.54. The number of benzene rings is 2. The third-order valence-electron chi connectivity index (χ3n) is 8.42. The molecule has 1 aliphatic carbocycles. The fourth-order valence-electron chi connectivity index (χ4n) is 6.96. The number of hydrogen-bond donors (Lipinski definition) is 1. The van der Waals surface area contributed by atoms with E-state index in [4.69, 9.17) is 9.52 Å². The molecular weight excluding hydrogens is 633 g/mol. The van der Waals surface area contributed by atoms with E-state index in [-0.39, 0.29) is 34.1 Å². The standard InChI is InChI=1S/C31H35F3N2O7S2/c1-29(2)14-24-15-30(3,19-29)20-36(24)45(41,42)35(17-25-11-12-27(43-25)31(32,33)34)16-21-7-9-22(10-8-21)23-5-4-6-26(13-23)44(39,40)18-28(37)38/h4-13,24H,14-20H2,1-3H3,(H,37,38). The maximum atomic E-state index is 14.2. The molecule has 45 heavy (non-hydrogen) atoms. The molecule has 2 aromatic carbocycles. The fourth-order valence-corrected chi connectivity index (χ4v) is 9.94. The van der Waals surface area contributed by atoms with Crippen molar-refractivity contribution >= 4 is 26.0 Å². The lowest BCUT2D eigenvalue weighted by atomic mass is 9.65. The zero-order valence-electron chi connectivity index (χ0n) is 25.0. The predicted octanol–water partition coefficient (Wildman–Crippen LogP) is 5.97. The van der Waals surface area contributed by atoms with Crippen molar-refractivity contribution in [2.24, 2.45) is 10.8 Å². The van der Waals surface area contributed by atoms with E-state index in [1.54, 1.807) is 30.3 Å². The van der Waals surface area contributed by atoms with Crippen LogP contribution in [0.25, 0.3) is 11.1 Å². The molecule has 244 valence electrons. The second-order valence-electron chi connectivity index (χ2n) is 13.2. The topological polar surface area (TPSA) is 125 Å². The number of carbonyl (C=O) groups is 1. The summed E-state index contributed by atoms with van der Waals surface area (Å²) in [4.78, 5) is 10.9. The Bertz CT molecular complexity index is 1800. The van der Waals surface area contributed by atoms with Crippen molar-refractivity contribution in [2.45, 2.75) is 70.2 Å². The van der Waals surface area contributed by atoms with E-state index in [2.05, 4.69) is 20.8 Å². The van der Waals surface area contributed by atoms with Gasteiger partial charge >= 0.3 is 12.1 Å². The molecule has 3 aromatic rings. The van der Waals surface area contributed by atoms with E-state index in [1.165, 1.54) is 22.5 Å². The van der Waals surface area contributed by atoms with Crippen molar-refractivity contribution in [1.29, 1.82) is 0 Å². The number of carboxylic acids is 1. The first kappa shape index (κ1) is 33.2. The average Bonchev–Trinajstić information content (AvgIpc) is 3.49. The summed E-state index contributed by atoms with van der Waals surface area (Å²) in [6, 6.07) is 14.2. The molecule has 0 spiro atoms. The van der Waals surface area contributed by atoms with Crippen LogP contribution in [0.3, 0.4) is 0 Å². The number of halogens is 3. The SMILES string of the molecule is CC1(C)CC2CC(C)(CN2S(=O)(=O)N(Cc2ccc(-c3cccc(S(=O)(=O)CC(=O)O)c3)cc2)Cc2ccc(C(F)(F)F)o2)C1. The Morgan fingerprint density at radius 2 is 1.67 bits per heavy atom. The molecule has 9 nitrogen and oxygen atoms in total. The number of rotatable bonds is 10. The molecular formula is C31H35F3N2O7S2. The van der Waals surface area contributed by atoms with Crippen LogP contribution in [-0.4, -0.2) is 54.9 Å². The van der Waals surface area contributed by atoms with E-state index in [0.717, 1.165) is 22.9 Å². The molecule has 0 amide bonds. The molecule has 1 saturated carbocycles. The molecule has 1 aliphatic heterocycles. The van der Waals surface area contributed by atoms with Crippen molar-refractivity contribution in [1.82, 2.24) is 8.61 Å². The van der Waals surface area contributed by atoms with E-state index >= 15 is 0 Å². The molecule has 0 radical (unpaired) electrons. The molecule has 1 saturated heterocycles. The van der Waals surface area contributed by atoms with Crippen LogP contribution in [-0.2, 0) is 44.1 Å². The molecule has 5 rings (SSSR count).